The van der Waals surface area contributed by atoms with Crippen LogP contribution in [0.5, 0.6) is 5.75 Å². The van der Waals surface area contributed by atoms with Gasteiger partial charge in [-0.3, -0.25) is 4.79 Å². The normalized spacial score (nSPS) is 16.7. The number of aromatic nitrogens is 2. The molecule has 1 amide bonds. The Morgan fingerprint density at radius 2 is 1.97 bits per heavy atom. The molecule has 10 heteroatoms. The molecule has 170 valence electrons. The Labute approximate surface area is 195 Å². The molecule has 8 nitrogen and oxygen atoms in total. The van der Waals surface area contributed by atoms with E-state index in [-0.39, 0.29) is 10.8 Å². The first kappa shape index (κ1) is 21.7. The van der Waals surface area contributed by atoms with Crippen LogP contribution in [0.25, 0.3) is 21.8 Å². The Morgan fingerprint density at radius 3 is 2.79 bits per heavy atom. The van der Waals surface area contributed by atoms with Crippen LogP contribution in [0.2, 0.25) is 5.15 Å². The third kappa shape index (κ3) is 4.27. The summed E-state index contributed by atoms with van der Waals surface area (Å²) in [7, 11) is -2.32. The fraction of sp³-hybridized carbons (Fsp3) is 0.217. The Morgan fingerprint density at radius 1 is 1.15 bits per heavy atom. The van der Waals surface area contributed by atoms with Gasteiger partial charge < -0.3 is 14.6 Å². The molecule has 2 aromatic carbocycles. The number of halogens is 1. The van der Waals surface area contributed by atoms with Gasteiger partial charge in [0.05, 0.1) is 29.6 Å². The molecule has 0 bridgehead atoms. The van der Waals surface area contributed by atoms with Crippen LogP contribution in [0.1, 0.15) is 12.1 Å². The van der Waals surface area contributed by atoms with E-state index in [2.05, 4.69) is 14.7 Å². The van der Waals surface area contributed by atoms with Gasteiger partial charge in [-0.1, -0.05) is 23.7 Å². The van der Waals surface area contributed by atoms with Crippen LogP contribution in [-0.2, 0) is 21.4 Å². The summed E-state index contributed by atoms with van der Waals surface area (Å²) in [6.45, 7) is 0.783. The van der Waals surface area contributed by atoms with Gasteiger partial charge in [-0.15, -0.1) is 0 Å². The molecule has 5 rings (SSSR count). The largest absolute Gasteiger partial charge is 0.497 e. The monoisotopic (exact) mass is 484 g/mol. The molecule has 2 aromatic heterocycles. The molecule has 0 spiro atoms. The zero-order valence-corrected chi connectivity index (χ0v) is 19.3. The summed E-state index contributed by atoms with van der Waals surface area (Å²) in [5, 5.41) is 2.03. The highest BCUT2D eigenvalue weighted by molar-refractivity contribution is 7.89. The molecule has 1 fully saturated rings. The minimum atomic E-state index is -3.88. The van der Waals surface area contributed by atoms with Crippen LogP contribution in [0.4, 0.5) is 0 Å². The second-order valence-corrected chi connectivity index (χ2v) is 10.1. The highest BCUT2D eigenvalue weighted by Gasteiger charge is 2.35. The van der Waals surface area contributed by atoms with Crippen LogP contribution in [0, 0.1) is 0 Å². The average Bonchev–Trinajstić information content (AvgIpc) is 3.35. The van der Waals surface area contributed by atoms with Crippen molar-refractivity contribution in [2.24, 2.45) is 0 Å². The molecule has 33 heavy (non-hydrogen) atoms. The number of ether oxygens (including phenoxy) is 1. The van der Waals surface area contributed by atoms with Crippen molar-refractivity contribution >= 4 is 49.3 Å². The maximum Gasteiger partial charge on any atom is 0.241 e. The summed E-state index contributed by atoms with van der Waals surface area (Å²) in [5.41, 5.74) is 2.35. The van der Waals surface area contributed by atoms with Crippen molar-refractivity contribution in [3.05, 3.63) is 65.4 Å². The van der Waals surface area contributed by atoms with E-state index >= 15 is 0 Å². The number of pyridine rings is 1. The fourth-order valence-corrected chi connectivity index (χ4v) is 5.50. The third-order valence-electron chi connectivity index (χ3n) is 5.78. The summed E-state index contributed by atoms with van der Waals surface area (Å²) in [6, 6.07) is 14.9. The zero-order valence-electron chi connectivity index (χ0n) is 17.7. The minimum Gasteiger partial charge on any atom is -0.497 e. The van der Waals surface area contributed by atoms with Gasteiger partial charge in [0.15, 0.2) is 0 Å². The SMILES string of the molecule is COc1ccc2ccc(S(=O)(=O)N[C@H]3CCN(Cc4cc5nc(Cl)ccc5[nH]4)C3=O)cc2c1. The van der Waals surface area contributed by atoms with Gasteiger partial charge in [-0.05, 0) is 59.7 Å². The van der Waals surface area contributed by atoms with Gasteiger partial charge in [-0.25, -0.2) is 13.4 Å². The lowest BCUT2D eigenvalue weighted by Crippen LogP contribution is -2.41. The molecule has 0 saturated carbocycles. The molecule has 0 aliphatic carbocycles. The van der Waals surface area contributed by atoms with E-state index < -0.39 is 16.1 Å². The first-order chi connectivity index (χ1) is 15.8. The number of likely N-dealkylation sites (tertiary alicyclic amines) is 1. The van der Waals surface area contributed by atoms with E-state index in [1.807, 2.05) is 24.3 Å². The molecular weight excluding hydrogens is 464 g/mol. The van der Waals surface area contributed by atoms with E-state index in [1.165, 1.54) is 6.07 Å². The summed E-state index contributed by atoms with van der Waals surface area (Å²) >= 11 is 5.94. The Balaban J connectivity index is 1.31. The number of benzene rings is 2. The van der Waals surface area contributed by atoms with Gasteiger partial charge in [0.1, 0.15) is 16.9 Å². The summed E-state index contributed by atoms with van der Waals surface area (Å²) in [5.74, 6) is 0.381. The molecule has 3 heterocycles. The van der Waals surface area contributed by atoms with Crippen LogP contribution < -0.4 is 9.46 Å². The van der Waals surface area contributed by atoms with Crippen molar-refractivity contribution in [3.8, 4) is 5.75 Å². The highest BCUT2D eigenvalue weighted by atomic mass is 35.5. The Hall–Kier alpha value is -3.14. The van der Waals surface area contributed by atoms with Crippen molar-refractivity contribution < 1.29 is 17.9 Å². The number of aromatic amines is 1. The number of carbonyl (C=O) groups is 1. The lowest BCUT2D eigenvalue weighted by atomic mass is 10.1. The number of hydrogen-bond donors (Lipinski definition) is 2. The molecule has 4 aromatic rings. The molecule has 2 N–H and O–H groups in total. The highest BCUT2D eigenvalue weighted by Crippen LogP contribution is 2.25. The number of H-pyrrole nitrogens is 1. The topological polar surface area (TPSA) is 104 Å². The zero-order chi connectivity index (χ0) is 23.2. The maximum atomic E-state index is 13.0. The second-order valence-electron chi connectivity index (χ2n) is 7.96. The lowest BCUT2D eigenvalue weighted by Gasteiger charge is -2.16. The maximum absolute atomic E-state index is 13.0. The Bertz CT molecular complexity index is 1480. The number of carbonyl (C=O) groups excluding carboxylic acids is 1. The van der Waals surface area contributed by atoms with E-state index in [0.717, 1.165) is 22.0 Å². The van der Waals surface area contributed by atoms with Gasteiger partial charge in [-0.2, -0.15) is 4.72 Å². The number of rotatable bonds is 6. The van der Waals surface area contributed by atoms with Gasteiger partial charge in [0.2, 0.25) is 15.9 Å². The number of sulfonamides is 1. The van der Waals surface area contributed by atoms with Crippen molar-refractivity contribution in [2.45, 2.75) is 23.9 Å². The quantitative estimate of drug-likeness (QED) is 0.408. The predicted octanol–water partition coefficient (Wildman–Crippen LogP) is 3.46. The van der Waals surface area contributed by atoms with Crippen molar-refractivity contribution in [1.82, 2.24) is 19.6 Å². The van der Waals surface area contributed by atoms with E-state index in [1.54, 1.807) is 36.3 Å². The molecule has 1 aliphatic heterocycles. The van der Waals surface area contributed by atoms with Gasteiger partial charge in [0.25, 0.3) is 0 Å². The van der Waals surface area contributed by atoms with E-state index in [4.69, 9.17) is 16.3 Å². The number of nitrogens with one attached hydrogen (secondary N) is 2. The van der Waals surface area contributed by atoms with E-state index in [9.17, 15) is 13.2 Å². The van der Waals surface area contributed by atoms with Crippen LogP contribution >= 0.6 is 11.6 Å². The number of methoxy groups -OCH3 is 1. The Kier molecular flexibility index (Phi) is 5.48. The van der Waals surface area contributed by atoms with E-state index in [0.29, 0.717) is 35.9 Å². The predicted molar refractivity (Wildman–Crippen MR) is 126 cm³/mol. The van der Waals surface area contributed by atoms with Gasteiger partial charge in [0, 0.05) is 12.2 Å². The van der Waals surface area contributed by atoms with Crippen LogP contribution in [-0.4, -0.2) is 48.9 Å². The molecular formula is C23H21ClN4O4S. The summed E-state index contributed by atoms with van der Waals surface area (Å²) in [4.78, 5) is 22.1. The number of fused-ring (bicyclic) bond motifs is 2. The van der Waals surface area contributed by atoms with Gasteiger partial charge >= 0.3 is 0 Å². The first-order valence-corrected chi connectivity index (χ1v) is 12.2. The molecule has 1 aliphatic rings. The summed E-state index contributed by atoms with van der Waals surface area (Å²) < 4.78 is 33.8. The number of nitrogens with zero attached hydrogens (tertiary/aromatic N) is 2. The van der Waals surface area contributed by atoms with Crippen molar-refractivity contribution in [1.29, 1.82) is 0 Å². The fourth-order valence-electron chi connectivity index (χ4n) is 4.09. The smallest absolute Gasteiger partial charge is 0.241 e. The summed E-state index contributed by atoms with van der Waals surface area (Å²) in [6.07, 6.45) is 0.393. The standard InChI is InChI=1S/C23H21ClN4O4S/c1-32-17-4-2-14-3-5-18(11-15(14)10-17)33(30,31)27-20-8-9-28(23(20)29)13-16-12-21-19(25-16)6-7-22(24)26-21/h2-7,10-12,20,25,27H,8-9,13H2,1H3/t20-/m0/s1. The minimum absolute atomic E-state index is 0.105. The first-order valence-electron chi connectivity index (χ1n) is 10.4. The molecule has 0 unspecified atom stereocenters. The third-order valence-corrected chi connectivity index (χ3v) is 7.46. The number of hydrogen-bond acceptors (Lipinski definition) is 5. The van der Waals surface area contributed by atoms with Crippen LogP contribution in [0.3, 0.4) is 0 Å². The number of amides is 1. The van der Waals surface area contributed by atoms with Crippen LogP contribution in [0.15, 0.2) is 59.5 Å². The lowest BCUT2D eigenvalue weighted by molar-refractivity contribution is -0.129. The molecule has 1 atom stereocenters. The molecule has 0 radical (unpaired) electrons. The second kappa shape index (κ2) is 8.33. The molecule has 1 saturated heterocycles. The van der Waals surface area contributed by atoms with Crippen molar-refractivity contribution in [2.75, 3.05) is 13.7 Å². The average molecular weight is 485 g/mol. The van der Waals surface area contributed by atoms with Crippen molar-refractivity contribution in [3.63, 3.8) is 0 Å².